The van der Waals surface area contributed by atoms with Crippen LogP contribution in [0.4, 0.5) is 0 Å². The van der Waals surface area contributed by atoms with E-state index in [1.165, 1.54) is 25.8 Å². The molecule has 1 aliphatic carbocycles. The molecular formula is C13H27NO. The number of ether oxygens (including phenoxy) is 1. The highest BCUT2D eigenvalue weighted by atomic mass is 16.5. The summed E-state index contributed by atoms with van der Waals surface area (Å²) in [4.78, 5) is 0. The third-order valence-electron chi connectivity index (χ3n) is 3.38. The summed E-state index contributed by atoms with van der Waals surface area (Å²) >= 11 is 0. The summed E-state index contributed by atoms with van der Waals surface area (Å²) < 4.78 is 5.08. The lowest BCUT2D eigenvalue weighted by atomic mass is 9.94. The Hall–Kier alpha value is -0.0800. The SMILES string of the molecule is COCCC(C)NCC1(CC(C)C)CC1. The first-order valence-electron chi connectivity index (χ1n) is 6.30. The minimum Gasteiger partial charge on any atom is -0.385 e. The van der Waals surface area contributed by atoms with Crippen LogP contribution in [0.25, 0.3) is 0 Å². The van der Waals surface area contributed by atoms with Gasteiger partial charge < -0.3 is 10.1 Å². The van der Waals surface area contributed by atoms with Gasteiger partial charge in [-0.2, -0.15) is 0 Å². The lowest BCUT2D eigenvalue weighted by Gasteiger charge is -2.21. The van der Waals surface area contributed by atoms with E-state index in [1.807, 2.05) is 0 Å². The van der Waals surface area contributed by atoms with Crippen LogP contribution in [0, 0.1) is 11.3 Å². The summed E-state index contributed by atoms with van der Waals surface area (Å²) in [6.07, 6.45) is 5.36. The van der Waals surface area contributed by atoms with Crippen molar-refractivity contribution in [3.63, 3.8) is 0 Å². The lowest BCUT2D eigenvalue weighted by molar-refractivity contribution is 0.183. The highest BCUT2D eigenvalue weighted by Crippen LogP contribution is 2.50. The van der Waals surface area contributed by atoms with E-state index >= 15 is 0 Å². The van der Waals surface area contributed by atoms with Crippen LogP contribution in [0.5, 0.6) is 0 Å². The average Bonchev–Trinajstić information content (AvgIpc) is 2.91. The summed E-state index contributed by atoms with van der Waals surface area (Å²) in [5.41, 5.74) is 0.648. The molecule has 0 spiro atoms. The van der Waals surface area contributed by atoms with Gasteiger partial charge in [0.25, 0.3) is 0 Å². The molecule has 0 heterocycles. The van der Waals surface area contributed by atoms with E-state index < -0.39 is 0 Å². The Labute approximate surface area is 94.8 Å². The van der Waals surface area contributed by atoms with Crippen molar-refractivity contribution in [1.82, 2.24) is 5.32 Å². The van der Waals surface area contributed by atoms with Crippen LogP contribution in [0.15, 0.2) is 0 Å². The molecule has 1 saturated carbocycles. The predicted molar refractivity (Wildman–Crippen MR) is 65.1 cm³/mol. The zero-order valence-electron chi connectivity index (χ0n) is 10.8. The number of hydrogen-bond donors (Lipinski definition) is 1. The largest absolute Gasteiger partial charge is 0.385 e. The normalized spacial score (nSPS) is 20.6. The molecule has 1 unspecified atom stereocenters. The van der Waals surface area contributed by atoms with Gasteiger partial charge in [-0.1, -0.05) is 13.8 Å². The zero-order chi connectivity index (χ0) is 11.3. The molecule has 0 aliphatic heterocycles. The second-order valence-corrected chi connectivity index (χ2v) is 5.66. The second kappa shape index (κ2) is 5.86. The van der Waals surface area contributed by atoms with Crippen molar-refractivity contribution in [1.29, 1.82) is 0 Å². The van der Waals surface area contributed by atoms with Crippen molar-refractivity contribution in [2.75, 3.05) is 20.3 Å². The molecule has 0 saturated heterocycles. The molecule has 0 radical (unpaired) electrons. The molecule has 0 aromatic rings. The maximum atomic E-state index is 5.08. The number of rotatable bonds is 8. The van der Waals surface area contributed by atoms with Crippen molar-refractivity contribution in [2.45, 2.75) is 52.5 Å². The van der Waals surface area contributed by atoms with E-state index in [2.05, 4.69) is 26.1 Å². The van der Waals surface area contributed by atoms with E-state index in [0.29, 0.717) is 11.5 Å². The van der Waals surface area contributed by atoms with Crippen molar-refractivity contribution in [3.8, 4) is 0 Å². The van der Waals surface area contributed by atoms with Crippen LogP contribution in [0.1, 0.15) is 46.5 Å². The Bertz CT molecular complexity index is 175. The molecule has 15 heavy (non-hydrogen) atoms. The van der Waals surface area contributed by atoms with Crippen LogP contribution in [0.3, 0.4) is 0 Å². The van der Waals surface area contributed by atoms with Crippen LogP contribution in [-0.4, -0.2) is 26.3 Å². The van der Waals surface area contributed by atoms with Crippen LogP contribution in [0.2, 0.25) is 0 Å². The van der Waals surface area contributed by atoms with Gasteiger partial charge in [-0.25, -0.2) is 0 Å². The molecule has 2 nitrogen and oxygen atoms in total. The molecule has 90 valence electrons. The third kappa shape index (κ3) is 4.98. The van der Waals surface area contributed by atoms with Gasteiger partial charge in [0.15, 0.2) is 0 Å². The molecule has 1 N–H and O–H groups in total. The first kappa shape index (κ1) is 13.0. The first-order chi connectivity index (χ1) is 7.08. The van der Waals surface area contributed by atoms with Gasteiger partial charge in [-0.05, 0) is 43.9 Å². The zero-order valence-corrected chi connectivity index (χ0v) is 10.8. The Kier molecular flexibility index (Phi) is 5.07. The van der Waals surface area contributed by atoms with Gasteiger partial charge in [-0.3, -0.25) is 0 Å². The topological polar surface area (TPSA) is 21.3 Å². The maximum Gasteiger partial charge on any atom is 0.0476 e. The lowest BCUT2D eigenvalue weighted by Crippen LogP contribution is -2.33. The molecule has 1 fully saturated rings. The minimum atomic E-state index is 0.592. The van der Waals surface area contributed by atoms with Crippen LogP contribution in [-0.2, 0) is 4.74 Å². The number of nitrogens with one attached hydrogen (secondary N) is 1. The molecule has 1 aliphatic rings. The van der Waals surface area contributed by atoms with E-state index in [4.69, 9.17) is 4.74 Å². The van der Waals surface area contributed by atoms with Gasteiger partial charge in [0.1, 0.15) is 0 Å². The standard InChI is InChI=1S/C13H27NO/c1-11(2)9-13(6-7-13)10-14-12(3)5-8-15-4/h11-12,14H,5-10H2,1-4H3. The van der Waals surface area contributed by atoms with E-state index in [-0.39, 0.29) is 0 Å². The summed E-state index contributed by atoms with van der Waals surface area (Å²) in [5, 5.41) is 3.65. The molecule has 0 bridgehead atoms. The Morgan fingerprint density at radius 3 is 2.40 bits per heavy atom. The fraction of sp³-hybridized carbons (Fsp3) is 1.00. The van der Waals surface area contributed by atoms with Crippen molar-refractivity contribution >= 4 is 0 Å². The summed E-state index contributed by atoms with van der Waals surface area (Å²) in [5.74, 6) is 0.837. The summed E-state index contributed by atoms with van der Waals surface area (Å²) in [6, 6.07) is 0.592. The number of methoxy groups -OCH3 is 1. The molecule has 1 atom stereocenters. The molecule has 0 aromatic heterocycles. The Morgan fingerprint density at radius 2 is 1.93 bits per heavy atom. The monoisotopic (exact) mass is 213 g/mol. The maximum absolute atomic E-state index is 5.08. The predicted octanol–water partition coefficient (Wildman–Crippen LogP) is 2.83. The van der Waals surface area contributed by atoms with Gasteiger partial charge in [-0.15, -0.1) is 0 Å². The smallest absolute Gasteiger partial charge is 0.0476 e. The molecule has 0 aromatic carbocycles. The number of hydrogen-bond acceptors (Lipinski definition) is 2. The fourth-order valence-corrected chi connectivity index (χ4v) is 2.28. The van der Waals surface area contributed by atoms with Crippen molar-refractivity contribution in [3.05, 3.63) is 0 Å². The average molecular weight is 213 g/mol. The second-order valence-electron chi connectivity index (χ2n) is 5.66. The van der Waals surface area contributed by atoms with Crippen LogP contribution < -0.4 is 5.32 Å². The Balaban J connectivity index is 2.13. The van der Waals surface area contributed by atoms with Crippen molar-refractivity contribution in [2.24, 2.45) is 11.3 Å². The van der Waals surface area contributed by atoms with Gasteiger partial charge in [0.05, 0.1) is 0 Å². The quantitative estimate of drug-likeness (QED) is 0.669. The molecule has 1 rings (SSSR count). The highest BCUT2D eigenvalue weighted by molar-refractivity contribution is 4.95. The minimum absolute atomic E-state index is 0.592. The third-order valence-corrected chi connectivity index (χ3v) is 3.38. The molecule has 0 amide bonds. The van der Waals surface area contributed by atoms with E-state index in [9.17, 15) is 0 Å². The van der Waals surface area contributed by atoms with Crippen LogP contribution >= 0.6 is 0 Å². The Morgan fingerprint density at radius 1 is 1.27 bits per heavy atom. The summed E-state index contributed by atoms with van der Waals surface area (Å²) in [7, 11) is 1.77. The molecule has 2 heteroatoms. The van der Waals surface area contributed by atoms with Gasteiger partial charge >= 0.3 is 0 Å². The van der Waals surface area contributed by atoms with E-state index in [0.717, 1.165) is 18.9 Å². The fourth-order valence-electron chi connectivity index (χ4n) is 2.28. The summed E-state index contributed by atoms with van der Waals surface area (Å²) in [6.45, 7) is 8.98. The van der Waals surface area contributed by atoms with Gasteiger partial charge in [0, 0.05) is 26.3 Å². The van der Waals surface area contributed by atoms with Gasteiger partial charge in [0.2, 0.25) is 0 Å². The first-order valence-corrected chi connectivity index (χ1v) is 6.30. The molecular weight excluding hydrogens is 186 g/mol. The highest BCUT2D eigenvalue weighted by Gasteiger charge is 2.42. The van der Waals surface area contributed by atoms with Crippen molar-refractivity contribution < 1.29 is 4.74 Å². The van der Waals surface area contributed by atoms with E-state index in [1.54, 1.807) is 7.11 Å².